The summed E-state index contributed by atoms with van der Waals surface area (Å²) < 4.78 is 47.3. The van der Waals surface area contributed by atoms with Gasteiger partial charge in [-0.25, -0.2) is 17.2 Å². The molecule has 0 atom stereocenters. The minimum atomic E-state index is -3.99. The van der Waals surface area contributed by atoms with Crippen molar-refractivity contribution in [2.75, 3.05) is 13.6 Å². The Morgan fingerprint density at radius 1 is 1.35 bits per heavy atom. The molecule has 0 saturated carbocycles. The molecule has 0 heterocycles. The largest absolute Gasteiger partial charge is 0.336 e. The number of carbonyl (C=O) groups is 1. The maximum Gasteiger partial charge on any atom is 0.261 e. The fourth-order valence-electron chi connectivity index (χ4n) is 1.68. The number of amides is 1. The Bertz CT molecular complexity index is 632. The van der Waals surface area contributed by atoms with Crippen LogP contribution in [0.5, 0.6) is 0 Å². The second-order valence-electron chi connectivity index (χ2n) is 4.43. The molecule has 4 nitrogen and oxygen atoms in total. The van der Waals surface area contributed by atoms with Crippen LogP contribution >= 0.6 is 10.7 Å². The molecule has 0 radical (unpaired) electrons. The van der Waals surface area contributed by atoms with Crippen molar-refractivity contribution < 1.29 is 22.0 Å². The summed E-state index contributed by atoms with van der Waals surface area (Å²) in [5, 5.41) is 0. The Morgan fingerprint density at radius 3 is 2.35 bits per heavy atom. The van der Waals surface area contributed by atoms with Crippen molar-refractivity contribution in [3.63, 3.8) is 0 Å². The van der Waals surface area contributed by atoms with Crippen LogP contribution in [0.1, 0.15) is 21.5 Å². The third-order valence-corrected chi connectivity index (χ3v) is 4.24. The highest BCUT2D eigenvalue weighted by Crippen LogP contribution is 2.23. The van der Waals surface area contributed by atoms with Crippen LogP contribution in [0.25, 0.3) is 0 Å². The van der Waals surface area contributed by atoms with E-state index in [1.807, 2.05) is 0 Å². The van der Waals surface area contributed by atoms with Gasteiger partial charge >= 0.3 is 0 Å². The van der Waals surface area contributed by atoms with Gasteiger partial charge in [0.15, 0.2) is 0 Å². The zero-order chi connectivity index (χ0) is 15.7. The number of aryl methyl sites for hydroxylation is 1. The summed E-state index contributed by atoms with van der Waals surface area (Å²) in [5.74, 6) is -0.673. The third kappa shape index (κ3) is 3.89. The summed E-state index contributed by atoms with van der Waals surface area (Å²) in [4.78, 5) is 12.7. The number of benzene rings is 1. The van der Waals surface area contributed by atoms with Crippen LogP contribution in [-0.2, 0) is 9.05 Å². The van der Waals surface area contributed by atoms with Gasteiger partial charge in [-0.15, -0.1) is 0 Å². The second kappa shape index (κ2) is 6.05. The zero-order valence-corrected chi connectivity index (χ0v) is 12.7. The van der Waals surface area contributed by atoms with Crippen molar-refractivity contribution in [2.24, 2.45) is 0 Å². The van der Waals surface area contributed by atoms with Crippen molar-refractivity contribution >= 4 is 25.6 Å². The first-order valence-corrected chi connectivity index (χ1v) is 7.94. The molecule has 1 aromatic carbocycles. The Labute approximate surface area is 120 Å². The molecule has 1 aromatic rings. The molecule has 0 bridgehead atoms. The molecule has 112 valence electrons. The standard InChI is InChI=1S/C12H14ClF2NO3S/c1-7-4-9(20(13,18)19)5-10(8(7)2)12(17)16(3)6-11(14)15/h4-5,11H,6H2,1-3H3. The van der Waals surface area contributed by atoms with Crippen LogP contribution in [0.4, 0.5) is 8.78 Å². The highest BCUT2D eigenvalue weighted by atomic mass is 35.7. The van der Waals surface area contributed by atoms with Crippen LogP contribution in [0, 0.1) is 13.8 Å². The minimum Gasteiger partial charge on any atom is -0.336 e. The van der Waals surface area contributed by atoms with Crippen molar-refractivity contribution in [3.8, 4) is 0 Å². The van der Waals surface area contributed by atoms with Gasteiger partial charge in [0, 0.05) is 23.3 Å². The van der Waals surface area contributed by atoms with E-state index >= 15 is 0 Å². The minimum absolute atomic E-state index is 0.0485. The van der Waals surface area contributed by atoms with Crippen LogP contribution < -0.4 is 0 Å². The van der Waals surface area contributed by atoms with Gasteiger partial charge in [-0.1, -0.05) is 0 Å². The van der Waals surface area contributed by atoms with Gasteiger partial charge in [-0.05, 0) is 37.1 Å². The van der Waals surface area contributed by atoms with Crippen molar-refractivity contribution in [1.82, 2.24) is 4.90 Å². The zero-order valence-electron chi connectivity index (χ0n) is 11.2. The molecule has 0 unspecified atom stereocenters. The predicted molar refractivity (Wildman–Crippen MR) is 71.9 cm³/mol. The van der Waals surface area contributed by atoms with Crippen molar-refractivity contribution in [2.45, 2.75) is 25.2 Å². The van der Waals surface area contributed by atoms with Crippen LogP contribution in [0.3, 0.4) is 0 Å². The van der Waals surface area contributed by atoms with Gasteiger partial charge in [-0.2, -0.15) is 0 Å². The van der Waals surface area contributed by atoms with Gasteiger partial charge in [0.2, 0.25) is 0 Å². The molecule has 0 aromatic heterocycles. The number of nitrogens with zero attached hydrogens (tertiary/aromatic N) is 1. The monoisotopic (exact) mass is 325 g/mol. The molecule has 0 aliphatic heterocycles. The summed E-state index contributed by atoms with van der Waals surface area (Å²) in [5.41, 5.74) is 1.12. The fourth-order valence-corrected chi connectivity index (χ4v) is 2.53. The van der Waals surface area contributed by atoms with E-state index in [0.717, 1.165) is 11.0 Å². The SMILES string of the molecule is Cc1cc(S(=O)(=O)Cl)cc(C(=O)N(C)CC(F)F)c1C. The molecule has 0 saturated heterocycles. The van der Waals surface area contributed by atoms with E-state index in [2.05, 4.69) is 0 Å². The Balaban J connectivity index is 3.31. The Morgan fingerprint density at radius 2 is 1.90 bits per heavy atom. The van der Waals surface area contributed by atoms with Crippen molar-refractivity contribution in [3.05, 3.63) is 28.8 Å². The molecule has 0 fully saturated rings. The van der Waals surface area contributed by atoms with Crippen molar-refractivity contribution in [1.29, 1.82) is 0 Å². The highest BCUT2D eigenvalue weighted by Gasteiger charge is 2.21. The normalized spacial score (nSPS) is 11.8. The van der Waals surface area contributed by atoms with Gasteiger partial charge in [0.25, 0.3) is 21.4 Å². The summed E-state index contributed by atoms with van der Waals surface area (Å²) in [6, 6.07) is 2.44. The van der Waals surface area contributed by atoms with E-state index in [1.165, 1.54) is 13.1 Å². The second-order valence-corrected chi connectivity index (χ2v) is 6.99. The van der Waals surface area contributed by atoms with E-state index in [4.69, 9.17) is 10.7 Å². The molecule has 0 aliphatic carbocycles. The smallest absolute Gasteiger partial charge is 0.261 e. The number of halogens is 3. The highest BCUT2D eigenvalue weighted by molar-refractivity contribution is 8.13. The van der Waals surface area contributed by atoms with Gasteiger partial charge in [-0.3, -0.25) is 4.79 Å². The first-order chi connectivity index (χ1) is 9.04. The maximum absolute atomic E-state index is 12.3. The van der Waals surface area contributed by atoms with Gasteiger partial charge in [0.1, 0.15) is 0 Å². The molecule has 0 aliphatic rings. The summed E-state index contributed by atoms with van der Waals surface area (Å²) in [6.07, 6.45) is -2.66. The number of hydrogen-bond donors (Lipinski definition) is 0. The van der Waals surface area contributed by atoms with Crippen LogP contribution in [0.2, 0.25) is 0 Å². The molecule has 0 spiro atoms. The molecule has 20 heavy (non-hydrogen) atoms. The summed E-state index contributed by atoms with van der Waals surface area (Å²) >= 11 is 0. The van der Waals surface area contributed by atoms with E-state index in [1.54, 1.807) is 13.8 Å². The van der Waals surface area contributed by atoms with E-state index in [0.29, 0.717) is 11.1 Å². The average Bonchev–Trinajstić information content (AvgIpc) is 2.29. The maximum atomic E-state index is 12.3. The quantitative estimate of drug-likeness (QED) is 0.799. The first-order valence-electron chi connectivity index (χ1n) is 5.63. The molecule has 0 N–H and O–H groups in total. The number of alkyl halides is 2. The predicted octanol–water partition coefficient (Wildman–Crippen LogP) is 2.57. The topological polar surface area (TPSA) is 54.5 Å². The van der Waals surface area contributed by atoms with Gasteiger partial charge in [0.05, 0.1) is 11.4 Å². The van der Waals surface area contributed by atoms with E-state index in [-0.39, 0.29) is 10.5 Å². The molecule has 1 rings (SSSR count). The lowest BCUT2D eigenvalue weighted by molar-refractivity contribution is 0.0619. The van der Waals surface area contributed by atoms with E-state index < -0.39 is 27.9 Å². The first kappa shape index (κ1) is 16.8. The van der Waals surface area contributed by atoms with Crippen LogP contribution in [0.15, 0.2) is 17.0 Å². The molecular formula is C12H14ClF2NO3S. The molecule has 8 heteroatoms. The summed E-state index contributed by atoms with van der Waals surface area (Å²) in [6.45, 7) is 2.50. The lowest BCUT2D eigenvalue weighted by Gasteiger charge is -2.19. The third-order valence-electron chi connectivity index (χ3n) is 2.91. The summed E-state index contributed by atoms with van der Waals surface area (Å²) in [7, 11) is 2.48. The molecule has 1 amide bonds. The number of hydrogen-bond acceptors (Lipinski definition) is 3. The Kier molecular flexibility index (Phi) is 5.10. The Hall–Kier alpha value is -1.21. The lowest BCUT2D eigenvalue weighted by Crippen LogP contribution is -2.32. The lowest BCUT2D eigenvalue weighted by atomic mass is 10.0. The van der Waals surface area contributed by atoms with Gasteiger partial charge < -0.3 is 4.90 Å². The molecular weight excluding hydrogens is 312 g/mol. The van der Waals surface area contributed by atoms with E-state index in [9.17, 15) is 22.0 Å². The fraction of sp³-hybridized carbons (Fsp3) is 0.417. The number of rotatable bonds is 4. The van der Waals surface area contributed by atoms with Crippen LogP contribution in [-0.4, -0.2) is 39.2 Å². The number of carbonyl (C=O) groups excluding carboxylic acids is 1. The average molecular weight is 326 g/mol.